The van der Waals surface area contributed by atoms with Crippen molar-refractivity contribution in [3.05, 3.63) is 28.2 Å². The van der Waals surface area contributed by atoms with Crippen LogP contribution < -0.4 is 16.6 Å². The molecule has 1 fully saturated rings. The minimum absolute atomic E-state index is 0.100. The van der Waals surface area contributed by atoms with Gasteiger partial charge < -0.3 is 11.2 Å². The summed E-state index contributed by atoms with van der Waals surface area (Å²) >= 11 is 13.0. The number of anilines is 2. The molecule has 2 aromatic rings. The molecule has 0 radical (unpaired) electrons. The van der Waals surface area contributed by atoms with Gasteiger partial charge in [-0.3, -0.25) is 4.79 Å². The van der Waals surface area contributed by atoms with Crippen molar-refractivity contribution < 1.29 is 4.79 Å². The highest BCUT2D eigenvalue weighted by molar-refractivity contribution is 7.99. The molecule has 0 unspecified atom stereocenters. The predicted molar refractivity (Wildman–Crippen MR) is 106 cm³/mol. The zero-order valence-electron chi connectivity index (χ0n) is 13.7. The number of nitrogens with one attached hydrogen (secondary N) is 2. The molecule has 4 N–H and O–H groups in total. The maximum Gasteiger partial charge on any atom is 0.264 e. The minimum atomic E-state index is -0.247. The molecule has 1 heterocycles. The summed E-state index contributed by atoms with van der Waals surface area (Å²) in [6, 6.07) is 4.85. The molecule has 0 saturated heterocycles. The number of hydrogen-bond acceptors (Lipinski definition) is 7. The van der Waals surface area contributed by atoms with Gasteiger partial charge in [0.1, 0.15) is 0 Å². The zero-order chi connectivity index (χ0) is 18.5. The van der Waals surface area contributed by atoms with E-state index in [2.05, 4.69) is 26.0 Å². The molecule has 1 saturated carbocycles. The second-order valence-corrected chi connectivity index (χ2v) is 7.42. The van der Waals surface area contributed by atoms with E-state index < -0.39 is 0 Å². The van der Waals surface area contributed by atoms with Gasteiger partial charge in [0, 0.05) is 10.7 Å². The monoisotopic (exact) mass is 413 g/mol. The van der Waals surface area contributed by atoms with Crippen molar-refractivity contribution in [3.8, 4) is 0 Å². The van der Waals surface area contributed by atoms with E-state index in [1.165, 1.54) is 4.68 Å². The van der Waals surface area contributed by atoms with Crippen LogP contribution in [0.25, 0.3) is 0 Å². The first kappa shape index (κ1) is 18.8. The fourth-order valence-corrected chi connectivity index (χ4v) is 3.50. The summed E-state index contributed by atoms with van der Waals surface area (Å²) in [5.41, 5.74) is 4.41. The molecular weight excluding hydrogens is 397 g/mol. The lowest BCUT2D eigenvalue weighted by Crippen LogP contribution is -2.17. The fourth-order valence-electron chi connectivity index (χ4n) is 2.38. The van der Waals surface area contributed by atoms with E-state index in [1.54, 1.807) is 18.2 Å². The van der Waals surface area contributed by atoms with Crippen molar-refractivity contribution in [2.24, 2.45) is 5.10 Å². The topological polar surface area (TPSA) is 110 Å². The van der Waals surface area contributed by atoms with Crippen molar-refractivity contribution in [1.29, 1.82) is 0 Å². The number of thioether (sulfide) groups is 1. The van der Waals surface area contributed by atoms with Gasteiger partial charge in [0.2, 0.25) is 11.1 Å². The number of amides is 1. The van der Waals surface area contributed by atoms with E-state index in [1.807, 2.05) is 0 Å². The third kappa shape index (κ3) is 4.80. The predicted octanol–water partition coefficient (Wildman–Crippen LogP) is 3.37. The Labute approximate surface area is 164 Å². The Morgan fingerprint density at radius 1 is 1.31 bits per heavy atom. The minimum Gasteiger partial charge on any atom is -0.334 e. The van der Waals surface area contributed by atoms with Crippen LogP contribution in [-0.4, -0.2) is 32.2 Å². The summed E-state index contributed by atoms with van der Waals surface area (Å²) in [5, 5.41) is 16.2. The summed E-state index contributed by atoms with van der Waals surface area (Å²) in [7, 11) is 0. The van der Waals surface area contributed by atoms with Crippen LogP contribution in [0, 0.1) is 0 Å². The van der Waals surface area contributed by atoms with Gasteiger partial charge in [0.25, 0.3) is 5.95 Å². The molecule has 1 aliphatic carbocycles. The molecular formula is C15H17Cl2N7OS. The number of hydrogen-bond donors (Lipinski definition) is 3. The van der Waals surface area contributed by atoms with Crippen molar-refractivity contribution in [2.45, 2.75) is 30.8 Å². The SMILES string of the molecule is Nn1c(NN=C2CCCC2)nnc1SCC(=O)Nc1ccc(Cl)cc1Cl. The van der Waals surface area contributed by atoms with E-state index >= 15 is 0 Å². The second-order valence-electron chi connectivity index (χ2n) is 5.63. The number of benzene rings is 1. The average Bonchev–Trinajstić information content (AvgIpc) is 3.24. The quantitative estimate of drug-likeness (QED) is 0.380. The van der Waals surface area contributed by atoms with Crippen LogP contribution in [0.2, 0.25) is 10.0 Å². The van der Waals surface area contributed by atoms with E-state index in [-0.39, 0.29) is 11.7 Å². The molecule has 1 aromatic carbocycles. The van der Waals surface area contributed by atoms with E-state index in [4.69, 9.17) is 29.0 Å². The van der Waals surface area contributed by atoms with E-state index in [9.17, 15) is 4.79 Å². The molecule has 138 valence electrons. The van der Waals surface area contributed by atoms with Crippen molar-refractivity contribution in [3.63, 3.8) is 0 Å². The second kappa shape index (κ2) is 8.61. The molecule has 1 aliphatic rings. The molecule has 0 spiro atoms. The van der Waals surface area contributed by atoms with Crippen LogP contribution in [0.1, 0.15) is 25.7 Å². The van der Waals surface area contributed by atoms with Gasteiger partial charge in [-0.25, -0.2) is 10.1 Å². The number of carbonyl (C=O) groups excluding carboxylic acids is 1. The zero-order valence-corrected chi connectivity index (χ0v) is 16.0. The van der Waals surface area contributed by atoms with E-state index in [0.29, 0.717) is 26.8 Å². The average molecular weight is 414 g/mol. The molecule has 11 heteroatoms. The number of halogens is 2. The Bertz CT molecular complexity index is 831. The lowest BCUT2D eigenvalue weighted by molar-refractivity contribution is -0.113. The number of rotatable bonds is 6. The molecule has 26 heavy (non-hydrogen) atoms. The number of carbonyl (C=O) groups is 1. The first-order valence-corrected chi connectivity index (χ1v) is 9.66. The molecule has 1 amide bonds. The number of aromatic nitrogens is 3. The van der Waals surface area contributed by atoms with Gasteiger partial charge in [-0.1, -0.05) is 35.0 Å². The number of hydrazone groups is 1. The molecule has 3 rings (SSSR count). The van der Waals surface area contributed by atoms with Gasteiger partial charge in [-0.15, -0.1) is 10.2 Å². The molecule has 0 aliphatic heterocycles. The first-order chi connectivity index (χ1) is 12.5. The normalized spacial score (nSPS) is 13.7. The highest BCUT2D eigenvalue weighted by atomic mass is 35.5. The Morgan fingerprint density at radius 2 is 2.08 bits per heavy atom. The van der Waals surface area contributed by atoms with Crippen LogP contribution >= 0.6 is 35.0 Å². The molecule has 0 atom stereocenters. The summed E-state index contributed by atoms with van der Waals surface area (Å²) in [6.45, 7) is 0. The lowest BCUT2D eigenvalue weighted by Gasteiger charge is -2.07. The van der Waals surface area contributed by atoms with Gasteiger partial charge in [-0.05, 0) is 43.9 Å². The Morgan fingerprint density at radius 3 is 2.81 bits per heavy atom. The van der Waals surface area contributed by atoms with Crippen LogP contribution in [0.5, 0.6) is 0 Å². The Kier molecular flexibility index (Phi) is 6.23. The van der Waals surface area contributed by atoms with Crippen LogP contribution in [-0.2, 0) is 4.79 Å². The van der Waals surface area contributed by atoms with Crippen LogP contribution in [0.15, 0.2) is 28.5 Å². The summed E-state index contributed by atoms with van der Waals surface area (Å²) < 4.78 is 1.27. The van der Waals surface area contributed by atoms with Crippen LogP contribution in [0.3, 0.4) is 0 Å². The van der Waals surface area contributed by atoms with Crippen LogP contribution in [0.4, 0.5) is 11.6 Å². The van der Waals surface area contributed by atoms with Gasteiger partial charge >= 0.3 is 0 Å². The van der Waals surface area contributed by atoms with Crippen molar-refractivity contribution in [1.82, 2.24) is 14.9 Å². The van der Waals surface area contributed by atoms with Gasteiger partial charge in [0.05, 0.1) is 16.5 Å². The molecule has 0 bridgehead atoms. The Balaban J connectivity index is 1.54. The standard InChI is InChI=1S/C15H17Cl2N7OS/c16-9-5-6-12(11(17)7-9)19-13(25)8-26-15-23-22-14(24(15)18)21-20-10-3-1-2-4-10/h5-7H,1-4,8,18H2,(H,19,25)(H,21,22). The van der Waals surface area contributed by atoms with Gasteiger partial charge in [-0.2, -0.15) is 5.10 Å². The number of nitrogens with zero attached hydrogens (tertiary/aromatic N) is 4. The molecule has 8 nitrogen and oxygen atoms in total. The number of nitrogen functional groups attached to an aromatic ring is 1. The van der Waals surface area contributed by atoms with Crippen molar-refractivity contribution in [2.75, 3.05) is 22.3 Å². The fraction of sp³-hybridized carbons (Fsp3) is 0.333. The summed E-state index contributed by atoms with van der Waals surface area (Å²) in [5.74, 6) is 6.12. The highest BCUT2D eigenvalue weighted by Crippen LogP contribution is 2.26. The lowest BCUT2D eigenvalue weighted by atomic mass is 10.3. The number of nitrogens with two attached hydrogens (primary N) is 1. The summed E-state index contributed by atoms with van der Waals surface area (Å²) in [6.07, 6.45) is 4.29. The molecule has 1 aromatic heterocycles. The smallest absolute Gasteiger partial charge is 0.264 e. The van der Waals surface area contributed by atoms with Gasteiger partial charge in [0.15, 0.2) is 0 Å². The third-order valence-electron chi connectivity index (χ3n) is 3.70. The van der Waals surface area contributed by atoms with Crippen molar-refractivity contribution >= 4 is 58.2 Å². The van der Waals surface area contributed by atoms with E-state index in [0.717, 1.165) is 43.2 Å². The maximum absolute atomic E-state index is 12.1. The Hall–Kier alpha value is -1.97. The summed E-state index contributed by atoms with van der Waals surface area (Å²) in [4.78, 5) is 12.1. The highest BCUT2D eigenvalue weighted by Gasteiger charge is 2.14. The maximum atomic E-state index is 12.1. The third-order valence-corrected chi connectivity index (χ3v) is 5.19. The largest absolute Gasteiger partial charge is 0.334 e. The first-order valence-electron chi connectivity index (χ1n) is 7.92.